The molecule has 0 radical (unpaired) electrons. The Morgan fingerprint density at radius 1 is 1.15 bits per heavy atom. The molecule has 9 heteroatoms. The molecule has 9 nitrogen and oxygen atoms in total. The first-order valence-corrected chi connectivity index (χ1v) is 14.2. The Morgan fingerprint density at radius 2 is 1.88 bits per heavy atom. The Bertz CT molecular complexity index is 1110. The van der Waals surface area contributed by atoms with E-state index in [0.29, 0.717) is 50.1 Å². The minimum atomic E-state index is -1.12. The zero-order valence-electron chi connectivity index (χ0n) is 23.7. The van der Waals surface area contributed by atoms with Gasteiger partial charge < -0.3 is 29.1 Å². The summed E-state index contributed by atoms with van der Waals surface area (Å²) < 4.78 is 17.5. The van der Waals surface area contributed by atoms with E-state index in [4.69, 9.17) is 19.3 Å². The number of carbonyl (C=O) groups is 3. The fourth-order valence-electron chi connectivity index (χ4n) is 6.74. The zero-order valence-corrected chi connectivity index (χ0v) is 23.7. The highest BCUT2D eigenvalue weighted by Gasteiger charge is 2.78. The number of aliphatic hydroxyl groups excluding tert-OH is 1. The Balaban J connectivity index is 1.70. The number of fused-ring (bicyclic) bond motifs is 1. The average molecular weight is 555 g/mol. The summed E-state index contributed by atoms with van der Waals surface area (Å²) in [7, 11) is 1.58. The van der Waals surface area contributed by atoms with Gasteiger partial charge in [-0.1, -0.05) is 25.0 Å². The van der Waals surface area contributed by atoms with Crippen LogP contribution in [0, 0.1) is 11.8 Å². The van der Waals surface area contributed by atoms with Gasteiger partial charge in [-0.3, -0.25) is 14.4 Å². The lowest BCUT2D eigenvalue weighted by atomic mass is 9.66. The number of hydrogen-bond acceptors (Lipinski definition) is 7. The number of rotatable bonds is 15. The molecule has 5 atom stereocenters. The molecular formula is C31H42N2O7. The number of methoxy groups -OCH3 is 1. The van der Waals surface area contributed by atoms with Crippen LogP contribution in [0.3, 0.4) is 0 Å². The number of amides is 2. The Morgan fingerprint density at radius 3 is 2.52 bits per heavy atom. The number of carbonyl (C=O) groups excluding carboxylic acids is 3. The van der Waals surface area contributed by atoms with Crippen LogP contribution in [0.4, 0.5) is 5.69 Å². The van der Waals surface area contributed by atoms with Gasteiger partial charge in [0.15, 0.2) is 0 Å². The lowest BCUT2D eigenvalue weighted by Crippen LogP contribution is -2.56. The summed E-state index contributed by atoms with van der Waals surface area (Å²) in [6.45, 7) is 10.3. The van der Waals surface area contributed by atoms with Crippen LogP contribution >= 0.6 is 0 Å². The van der Waals surface area contributed by atoms with Crippen LogP contribution in [0.1, 0.15) is 51.9 Å². The predicted molar refractivity (Wildman–Crippen MR) is 151 cm³/mol. The van der Waals surface area contributed by atoms with Crippen molar-refractivity contribution in [3.63, 3.8) is 0 Å². The third kappa shape index (κ3) is 5.29. The number of aliphatic hydroxyl groups is 1. The normalized spacial score (nSPS) is 28.3. The van der Waals surface area contributed by atoms with E-state index < -0.39 is 35.0 Å². The summed E-state index contributed by atoms with van der Waals surface area (Å²) >= 11 is 0. The first kappa shape index (κ1) is 29.8. The van der Waals surface area contributed by atoms with Crippen LogP contribution in [0.5, 0.6) is 5.75 Å². The molecular weight excluding hydrogens is 512 g/mol. The second-order valence-electron chi connectivity index (χ2n) is 11.1. The number of esters is 1. The van der Waals surface area contributed by atoms with Crippen molar-refractivity contribution < 1.29 is 33.7 Å². The first-order chi connectivity index (χ1) is 19.3. The standard InChI is InChI=1S/C31H42N2O7/c1-5-7-21-39-29(37)25-24-27(35)33(19-10-8-9-11-20-34)26(31(24)17-16-30(25,3)40-31)28(36)32(18-6-2)22-12-14-23(38-4)15-13-22/h5-6,12-15,24-26,34H,1-2,7-11,16-21H2,3-4H3/t24-,25-,26?,30+,31?/m0/s1. The molecule has 2 bridgehead atoms. The van der Waals surface area contributed by atoms with Gasteiger partial charge in [0.2, 0.25) is 5.91 Å². The Hall–Kier alpha value is -3.17. The number of hydrogen-bond donors (Lipinski definition) is 1. The lowest BCUT2D eigenvalue weighted by molar-refractivity contribution is -0.159. The summed E-state index contributed by atoms with van der Waals surface area (Å²) in [6.07, 6.45) is 7.89. The van der Waals surface area contributed by atoms with Crippen molar-refractivity contribution in [3.05, 3.63) is 49.6 Å². The summed E-state index contributed by atoms with van der Waals surface area (Å²) in [5.41, 5.74) is -1.36. The summed E-state index contributed by atoms with van der Waals surface area (Å²) in [5, 5.41) is 9.15. The molecule has 3 aliphatic rings. The van der Waals surface area contributed by atoms with Crippen LogP contribution in [0.15, 0.2) is 49.6 Å². The largest absolute Gasteiger partial charge is 0.497 e. The minimum absolute atomic E-state index is 0.120. The van der Waals surface area contributed by atoms with E-state index in [1.54, 1.807) is 53.3 Å². The maximum Gasteiger partial charge on any atom is 0.312 e. The second kappa shape index (κ2) is 12.6. The number of nitrogens with zero attached hydrogens (tertiary/aromatic N) is 2. The molecule has 1 N–H and O–H groups in total. The van der Waals surface area contributed by atoms with Crippen molar-refractivity contribution in [1.82, 2.24) is 4.90 Å². The van der Waals surface area contributed by atoms with Gasteiger partial charge in [-0.05, 0) is 63.3 Å². The molecule has 4 rings (SSSR count). The molecule has 40 heavy (non-hydrogen) atoms. The number of likely N-dealkylation sites (tertiary alicyclic amines) is 1. The molecule has 2 unspecified atom stereocenters. The SMILES string of the molecule is C=CCCOC(=O)[C@@H]1[C@H]2C(=O)N(CCCCCCO)C(C(=O)N(CC=C)c3ccc(OC)cc3)C23CC[C@@]1(C)O3. The maximum atomic E-state index is 14.5. The molecule has 1 aromatic rings. The molecule has 3 aliphatic heterocycles. The molecule has 0 aromatic heterocycles. The average Bonchev–Trinajstić information content (AvgIpc) is 3.52. The topological polar surface area (TPSA) is 106 Å². The fraction of sp³-hybridized carbons (Fsp3) is 0.581. The minimum Gasteiger partial charge on any atom is -0.497 e. The van der Waals surface area contributed by atoms with Gasteiger partial charge in [0.25, 0.3) is 5.91 Å². The van der Waals surface area contributed by atoms with E-state index in [9.17, 15) is 14.4 Å². The maximum absolute atomic E-state index is 14.5. The summed E-state index contributed by atoms with van der Waals surface area (Å²) in [6, 6.07) is 6.29. The van der Waals surface area contributed by atoms with Crippen LogP contribution in [0.2, 0.25) is 0 Å². The summed E-state index contributed by atoms with van der Waals surface area (Å²) in [5.74, 6) is -1.88. The second-order valence-corrected chi connectivity index (χ2v) is 11.1. The number of anilines is 1. The number of unbranched alkanes of at least 4 members (excludes halogenated alkanes) is 3. The van der Waals surface area contributed by atoms with Crippen molar-refractivity contribution in [2.75, 3.05) is 38.3 Å². The van der Waals surface area contributed by atoms with Gasteiger partial charge in [0.05, 0.1) is 25.2 Å². The molecule has 218 valence electrons. The van der Waals surface area contributed by atoms with Crippen molar-refractivity contribution in [2.24, 2.45) is 11.8 Å². The quantitative estimate of drug-likeness (QED) is 0.200. The van der Waals surface area contributed by atoms with Crippen molar-refractivity contribution in [2.45, 2.75) is 69.1 Å². The van der Waals surface area contributed by atoms with Crippen LogP contribution in [-0.4, -0.2) is 78.4 Å². The lowest BCUT2D eigenvalue weighted by Gasteiger charge is -2.37. The van der Waals surface area contributed by atoms with Gasteiger partial charge in [-0.2, -0.15) is 0 Å². The monoisotopic (exact) mass is 554 g/mol. The molecule has 1 spiro atoms. The molecule has 0 aliphatic carbocycles. The molecule has 3 fully saturated rings. The number of ether oxygens (including phenoxy) is 3. The third-order valence-corrected chi connectivity index (χ3v) is 8.60. The smallest absolute Gasteiger partial charge is 0.312 e. The van der Waals surface area contributed by atoms with Crippen LogP contribution < -0.4 is 9.64 Å². The van der Waals surface area contributed by atoms with Crippen LogP contribution in [0.25, 0.3) is 0 Å². The highest BCUT2D eigenvalue weighted by atomic mass is 16.6. The van der Waals surface area contributed by atoms with E-state index in [1.165, 1.54) is 0 Å². The highest BCUT2D eigenvalue weighted by Crippen LogP contribution is 2.63. The van der Waals surface area contributed by atoms with Gasteiger partial charge in [0, 0.05) is 25.4 Å². The molecule has 3 heterocycles. The van der Waals surface area contributed by atoms with Crippen molar-refractivity contribution >= 4 is 23.5 Å². The van der Waals surface area contributed by atoms with E-state index in [2.05, 4.69) is 13.2 Å². The van der Waals surface area contributed by atoms with Gasteiger partial charge in [-0.15, -0.1) is 13.2 Å². The van der Waals surface area contributed by atoms with E-state index >= 15 is 0 Å². The van der Waals surface area contributed by atoms with Crippen molar-refractivity contribution in [3.8, 4) is 5.75 Å². The van der Waals surface area contributed by atoms with E-state index in [0.717, 1.165) is 12.8 Å². The Kier molecular flexibility index (Phi) is 9.36. The first-order valence-electron chi connectivity index (χ1n) is 14.2. The molecule has 2 amide bonds. The highest BCUT2D eigenvalue weighted by molar-refractivity contribution is 6.04. The Labute approximate surface area is 236 Å². The number of benzene rings is 1. The molecule has 3 saturated heterocycles. The summed E-state index contributed by atoms with van der Waals surface area (Å²) in [4.78, 5) is 45.3. The fourth-order valence-corrected chi connectivity index (χ4v) is 6.74. The predicted octanol–water partition coefficient (Wildman–Crippen LogP) is 3.65. The van der Waals surface area contributed by atoms with Crippen molar-refractivity contribution in [1.29, 1.82) is 0 Å². The third-order valence-electron chi connectivity index (χ3n) is 8.60. The molecule has 1 aromatic carbocycles. The van der Waals surface area contributed by atoms with Gasteiger partial charge in [-0.25, -0.2) is 0 Å². The molecule has 0 saturated carbocycles. The van der Waals surface area contributed by atoms with Gasteiger partial charge >= 0.3 is 5.97 Å². The van der Waals surface area contributed by atoms with Gasteiger partial charge in [0.1, 0.15) is 23.3 Å². The zero-order chi connectivity index (χ0) is 28.9. The van der Waals surface area contributed by atoms with Crippen LogP contribution in [-0.2, 0) is 23.9 Å². The van der Waals surface area contributed by atoms with E-state index in [1.807, 2.05) is 6.92 Å². The van der Waals surface area contributed by atoms with E-state index in [-0.39, 0.29) is 31.6 Å².